The lowest BCUT2D eigenvalue weighted by atomic mass is 10.0. The predicted molar refractivity (Wildman–Crippen MR) is 44.7 cm³/mol. The standard InChI is InChI=1S/C9H16O4/c1-3-5-6-7(8(10)11)9(12)13-4-2/h7H,3-6H2,1-2H3,(H,10,11)/p-1. The molecule has 0 amide bonds. The van der Waals surface area contributed by atoms with Crippen LogP contribution >= 0.6 is 0 Å². The van der Waals surface area contributed by atoms with E-state index in [2.05, 4.69) is 4.74 Å². The lowest BCUT2D eigenvalue weighted by molar-refractivity contribution is -0.311. The van der Waals surface area contributed by atoms with E-state index in [4.69, 9.17) is 0 Å². The minimum Gasteiger partial charge on any atom is -0.549 e. The van der Waals surface area contributed by atoms with Crippen LogP contribution in [-0.4, -0.2) is 18.5 Å². The molecule has 0 aliphatic carbocycles. The van der Waals surface area contributed by atoms with Gasteiger partial charge in [0.15, 0.2) is 0 Å². The number of hydrogen-bond acceptors (Lipinski definition) is 4. The molecule has 1 unspecified atom stereocenters. The van der Waals surface area contributed by atoms with E-state index in [1.807, 2.05) is 6.92 Å². The maximum Gasteiger partial charge on any atom is 0.314 e. The summed E-state index contributed by atoms with van der Waals surface area (Å²) in [6.07, 6.45) is 1.85. The average molecular weight is 187 g/mol. The van der Waals surface area contributed by atoms with Crippen molar-refractivity contribution in [2.75, 3.05) is 6.61 Å². The number of ether oxygens (including phenoxy) is 1. The molecule has 0 fully saturated rings. The molecule has 0 spiro atoms. The fourth-order valence-corrected chi connectivity index (χ4v) is 0.983. The van der Waals surface area contributed by atoms with Gasteiger partial charge in [-0.25, -0.2) is 0 Å². The van der Waals surface area contributed by atoms with Gasteiger partial charge in [-0.05, 0) is 13.3 Å². The highest BCUT2D eigenvalue weighted by molar-refractivity contribution is 5.92. The van der Waals surface area contributed by atoms with Crippen molar-refractivity contribution < 1.29 is 19.4 Å². The van der Waals surface area contributed by atoms with Crippen LogP contribution in [0.1, 0.15) is 33.1 Å². The van der Waals surface area contributed by atoms with Gasteiger partial charge in [-0.1, -0.05) is 19.8 Å². The third kappa shape index (κ3) is 4.50. The van der Waals surface area contributed by atoms with Crippen LogP contribution in [0.25, 0.3) is 0 Å². The Morgan fingerprint density at radius 2 is 2.00 bits per heavy atom. The summed E-state index contributed by atoms with van der Waals surface area (Å²) in [6, 6.07) is 0. The highest BCUT2D eigenvalue weighted by Gasteiger charge is 2.19. The number of aliphatic carboxylic acids is 1. The minimum atomic E-state index is -1.34. The van der Waals surface area contributed by atoms with Gasteiger partial charge < -0.3 is 14.6 Å². The Balaban J connectivity index is 4.07. The quantitative estimate of drug-likeness (QED) is 0.437. The van der Waals surface area contributed by atoms with Crippen LogP contribution in [0.3, 0.4) is 0 Å². The van der Waals surface area contributed by atoms with E-state index in [-0.39, 0.29) is 6.61 Å². The van der Waals surface area contributed by atoms with Crippen molar-refractivity contribution in [3.05, 3.63) is 0 Å². The number of carbonyl (C=O) groups is 2. The van der Waals surface area contributed by atoms with Gasteiger partial charge in [0.1, 0.15) is 0 Å². The average Bonchev–Trinajstić information content (AvgIpc) is 2.05. The van der Waals surface area contributed by atoms with Crippen molar-refractivity contribution in [1.82, 2.24) is 0 Å². The van der Waals surface area contributed by atoms with Crippen LogP contribution in [0.15, 0.2) is 0 Å². The van der Waals surface area contributed by atoms with E-state index < -0.39 is 17.9 Å². The van der Waals surface area contributed by atoms with E-state index >= 15 is 0 Å². The largest absolute Gasteiger partial charge is 0.549 e. The molecule has 1 atom stereocenters. The number of unbranched alkanes of at least 4 members (excludes halogenated alkanes) is 1. The first-order valence-corrected chi connectivity index (χ1v) is 4.50. The molecule has 0 aromatic carbocycles. The Hall–Kier alpha value is -1.06. The van der Waals surface area contributed by atoms with E-state index in [1.165, 1.54) is 0 Å². The lowest BCUT2D eigenvalue weighted by Gasteiger charge is -2.15. The Morgan fingerprint density at radius 3 is 2.38 bits per heavy atom. The molecule has 0 aromatic rings. The summed E-state index contributed by atoms with van der Waals surface area (Å²) in [4.78, 5) is 21.6. The molecular weight excluding hydrogens is 172 g/mol. The van der Waals surface area contributed by atoms with Gasteiger partial charge in [0.2, 0.25) is 0 Å². The molecule has 0 N–H and O–H groups in total. The minimum absolute atomic E-state index is 0.203. The number of carboxylic acid groups (broad SMARTS) is 1. The van der Waals surface area contributed by atoms with Crippen LogP contribution in [0.4, 0.5) is 0 Å². The molecule has 0 aliphatic rings. The monoisotopic (exact) mass is 187 g/mol. The van der Waals surface area contributed by atoms with E-state index in [0.29, 0.717) is 12.8 Å². The summed E-state index contributed by atoms with van der Waals surface area (Å²) in [7, 11) is 0. The summed E-state index contributed by atoms with van der Waals surface area (Å²) in [5.74, 6) is -3.12. The van der Waals surface area contributed by atoms with Crippen LogP contribution in [0.5, 0.6) is 0 Å². The van der Waals surface area contributed by atoms with Crippen LogP contribution in [-0.2, 0) is 14.3 Å². The van der Waals surface area contributed by atoms with Gasteiger partial charge in [-0.2, -0.15) is 0 Å². The van der Waals surface area contributed by atoms with Crippen LogP contribution in [0.2, 0.25) is 0 Å². The van der Waals surface area contributed by atoms with Crippen molar-refractivity contribution in [2.24, 2.45) is 5.92 Å². The number of esters is 1. The van der Waals surface area contributed by atoms with Crippen LogP contribution in [0, 0.1) is 5.92 Å². The van der Waals surface area contributed by atoms with Crippen molar-refractivity contribution >= 4 is 11.9 Å². The first-order valence-electron chi connectivity index (χ1n) is 4.50. The molecule has 4 nitrogen and oxygen atoms in total. The number of rotatable bonds is 6. The number of hydrogen-bond donors (Lipinski definition) is 0. The normalized spacial score (nSPS) is 12.2. The fourth-order valence-electron chi connectivity index (χ4n) is 0.983. The smallest absolute Gasteiger partial charge is 0.314 e. The second-order valence-corrected chi connectivity index (χ2v) is 2.77. The first kappa shape index (κ1) is 11.9. The first-order chi connectivity index (χ1) is 6.13. The van der Waals surface area contributed by atoms with Crippen LogP contribution < -0.4 is 5.11 Å². The predicted octanol–water partition coefficient (Wildman–Crippen LogP) is 0.106. The molecule has 0 aliphatic heterocycles. The van der Waals surface area contributed by atoms with Gasteiger partial charge in [0, 0.05) is 0 Å². The zero-order valence-corrected chi connectivity index (χ0v) is 8.04. The van der Waals surface area contributed by atoms with Gasteiger partial charge in [0.05, 0.1) is 18.5 Å². The van der Waals surface area contributed by atoms with E-state index in [9.17, 15) is 14.7 Å². The Bertz CT molecular complexity index is 176. The van der Waals surface area contributed by atoms with Crippen molar-refractivity contribution in [1.29, 1.82) is 0 Å². The molecule has 0 saturated heterocycles. The molecule has 13 heavy (non-hydrogen) atoms. The Kier molecular flexibility index (Phi) is 5.93. The third-order valence-corrected chi connectivity index (χ3v) is 1.70. The van der Waals surface area contributed by atoms with Gasteiger partial charge in [-0.3, -0.25) is 4.79 Å². The molecular formula is C9H15O4-. The zero-order valence-electron chi connectivity index (χ0n) is 8.04. The van der Waals surface area contributed by atoms with E-state index in [0.717, 1.165) is 6.42 Å². The van der Waals surface area contributed by atoms with Crippen molar-refractivity contribution in [2.45, 2.75) is 33.1 Å². The summed E-state index contributed by atoms with van der Waals surface area (Å²) in [5, 5.41) is 10.5. The van der Waals surface area contributed by atoms with Gasteiger partial charge in [0.25, 0.3) is 0 Å². The molecule has 0 heterocycles. The summed E-state index contributed by atoms with van der Waals surface area (Å²) >= 11 is 0. The molecule has 0 aromatic heterocycles. The molecule has 4 heteroatoms. The van der Waals surface area contributed by atoms with Crippen molar-refractivity contribution in [3.8, 4) is 0 Å². The second-order valence-electron chi connectivity index (χ2n) is 2.77. The highest BCUT2D eigenvalue weighted by Crippen LogP contribution is 2.09. The maximum absolute atomic E-state index is 11.0. The molecule has 0 bridgehead atoms. The van der Waals surface area contributed by atoms with E-state index in [1.54, 1.807) is 6.92 Å². The SMILES string of the molecule is CCCCC(C(=O)[O-])C(=O)OCC. The number of carbonyl (C=O) groups excluding carboxylic acids is 2. The topological polar surface area (TPSA) is 66.4 Å². The third-order valence-electron chi connectivity index (χ3n) is 1.70. The molecule has 76 valence electrons. The Labute approximate surface area is 77.9 Å². The fraction of sp³-hybridized carbons (Fsp3) is 0.778. The lowest BCUT2D eigenvalue weighted by Crippen LogP contribution is -2.37. The summed E-state index contributed by atoms with van der Waals surface area (Å²) in [6.45, 7) is 3.77. The molecule has 0 rings (SSSR count). The Morgan fingerprint density at radius 1 is 1.38 bits per heavy atom. The van der Waals surface area contributed by atoms with Crippen molar-refractivity contribution in [3.63, 3.8) is 0 Å². The summed E-state index contributed by atoms with van der Waals surface area (Å²) in [5.41, 5.74) is 0. The van der Waals surface area contributed by atoms with Gasteiger partial charge in [-0.15, -0.1) is 0 Å². The second kappa shape index (κ2) is 6.46. The highest BCUT2D eigenvalue weighted by atomic mass is 16.5. The van der Waals surface area contributed by atoms with Gasteiger partial charge >= 0.3 is 5.97 Å². The summed E-state index contributed by atoms with van der Waals surface area (Å²) < 4.78 is 4.60. The molecule has 0 saturated carbocycles. The number of carboxylic acids is 1. The maximum atomic E-state index is 11.0. The zero-order chi connectivity index (χ0) is 10.3. The molecule has 0 radical (unpaired) electrons.